The van der Waals surface area contributed by atoms with Gasteiger partial charge < -0.3 is 10.6 Å². The SMILES string of the molecule is CC#CCN1CCNCC1C(=O)NC. The smallest absolute Gasteiger partial charge is 0.238 e. The fourth-order valence-electron chi connectivity index (χ4n) is 1.54. The topological polar surface area (TPSA) is 44.4 Å². The average Bonchev–Trinajstić information content (AvgIpc) is 2.25. The second-order valence-electron chi connectivity index (χ2n) is 3.23. The number of amides is 1. The van der Waals surface area contributed by atoms with Crippen molar-refractivity contribution in [2.24, 2.45) is 0 Å². The predicted octanol–water partition coefficient (Wildman–Crippen LogP) is -0.970. The minimum Gasteiger partial charge on any atom is -0.358 e. The van der Waals surface area contributed by atoms with Crippen LogP contribution in [0.4, 0.5) is 0 Å². The largest absolute Gasteiger partial charge is 0.358 e. The maximum absolute atomic E-state index is 11.5. The van der Waals surface area contributed by atoms with E-state index >= 15 is 0 Å². The summed E-state index contributed by atoms with van der Waals surface area (Å²) in [4.78, 5) is 13.6. The van der Waals surface area contributed by atoms with E-state index in [9.17, 15) is 4.79 Å². The van der Waals surface area contributed by atoms with Gasteiger partial charge >= 0.3 is 0 Å². The molecule has 0 saturated carbocycles. The molecule has 1 heterocycles. The van der Waals surface area contributed by atoms with Crippen molar-refractivity contribution in [3.63, 3.8) is 0 Å². The van der Waals surface area contributed by atoms with E-state index in [1.54, 1.807) is 7.05 Å². The number of carbonyl (C=O) groups excluding carboxylic acids is 1. The van der Waals surface area contributed by atoms with Crippen molar-refractivity contribution in [1.29, 1.82) is 0 Å². The molecule has 0 spiro atoms. The van der Waals surface area contributed by atoms with Crippen LogP contribution < -0.4 is 10.6 Å². The molecule has 1 aliphatic heterocycles. The lowest BCUT2D eigenvalue weighted by atomic mass is 10.2. The van der Waals surface area contributed by atoms with Gasteiger partial charge in [-0.2, -0.15) is 0 Å². The van der Waals surface area contributed by atoms with Gasteiger partial charge in [0.15, 0.2) is 0 Å². The molecule has 1 saturated heterocycles. The molecule has 0 radical (unpaired) electrons. The number of nitrogens with one attached hydrogen (secondary N) is 2. The third kappa shape index (κ3) is 2.72. The highest BCUT2D eigenvalue weighted by Gasteiger charge is 2.26. The first-order valence-electron chi connectivity index (χ1n) is 4.85. The van der Waals surface area contributed by atoms with E-state index in [2.05, 4.69) is 27.4 Å². The highest BCUT2D eigenvalue weighted by molar-refractivity contribution is 5.81. The van der Waals surface area contributed by atoms with Crippen molar-refractivity contribution in [2.45, 2.75) is 13.0 Å². The van der Waals surface area contributed by atoms with Gasteiger partial charge in [-0.25, -0.2) is 0 Å². The Labute approximate surface area is 85.0 Å². The Balaban J connectivity index is 2.57. The fourth-order valence-corrected chi connectivity index (χ4v) is 1.54. The second-order valence-corrected chi connectivity index (χ2v) is 3.23. The monoisotopic (exact) mass is 195 g/mol. The van der Waals surface area contributed by atoms with Crippen LogP contribution in [0.5, 0.6) is 0 Å². The quantitative estimate of drug-likeness (QED) is 0.557. The van der Waals surface area contributed by atoms with E-state index in [1.807, 2.05) is 6.92 Å². The molecule has 2 N–H and O–H groups in total. The summed E-state index contributed by atoms with van der Waals surface area (Å²) in [6.07, 6.45) is 0. The first-order valence-corrected chi connectivity index (χ1v) is 4.85. The van der Waals surface area contributed by atoms with Crippen LogP contribution in [0.25, 0.3) is 0 Å². The van der Waals surface area contributed by atoms with Gasteiger partial charge in [0.1, 0.15) is 6.04 Å². The molecule has 4 heteroatoms. The molecular formula is C10H17N3O. The van der Waals surface area contributed by atoms with E-state index in [-0.39, 0.29) is 11.9 Å². The van der Waals surface area contributed by atoms with Gasteiger partial charge in [0, 0.05) is 26.7 Å². The number of piperazine rings is 1. The molecule has 0 bridgehead atoms. The van der Waals surface area contributed by atoms with Gasteiger partial charge in [0.2, 0.25) is 5.91 Å². The fraction of sp³-hybridized carbons (Fsp3) is 0.700. The van der Waals surface area contributed by atoms with Crippen molar-refractivity contribution >= 4 is 5.91 Å². The molecule has 1 aliphatic rings. The molecule has 1 unspecified atom stereocenters. The average molecular weight is 195 g/mol. The Morgan fingerprint density at radius 3 is 3.14 bits per heavy atom. The second kappa shape index (κ2) is 5.63. The molecule has 78 valence electrons. The van der Waals surface area contributed by atoms with Crippen molar-refractivity contribution in [1.82, 2.24) is 15.5 Å². The number of hydrogen-bond acceptors (Lipinski definition) is 3. The maximum Gasteiger partial charge on any atom is 0.238 e. The standard InChI is InChI=1S/C10H17N3O/c1-3-4-6-13-7-5-12-8-9(13)10(14)11-2/h9,12H,5-8H2,1-2H3,(H,11,14). The van der Waals surface area contributed by atoms with E-state index in [0.717, 1.165) is 13.1 Å². The van der Waals surface area contributed by atoms with E-state index in [0.29, 0.717) is 13.1 Å². The Hall–Kier alpha value is -1.05. The van der Waals surface area contributed by atoms with Gasteiger partial charge in [-0.3, -0.25) is 9.69 Å². The molecular weight excluding hydrogens is 178 g/mol. The molecule has 1 rings (SSSR count). The first-order chi connectivity index (χ1) is 6.79. The van der Waals surface area contributed by atoms with Crippen molar-refractivity contribution in [2.75, 3.05) is 33.2 Å². The summed E-state index contributed by atoms with van der Waals surface area (Å²) in [6, 6.07) is -0.0744. The number of carbonyl (C=O) groups is 1. The molecule has 1 fully saturated rings. The molecule has 0 aromatic rings. The Kier molecular flexibility index (Phi) is 4.44. The molecule has 1 amide bonds. The van der Waals surface area contributed by atoms with Crippen molar-refractivity contribution < 1.29 is 4.79 Å². The third-order valence-electron chi connectivity index (χ3n) is 2.36. The summed E-state index contributed by atoms with van der Waals surface area (Å²) in [6.45, 7) is 5.02. The van der Waals surface area contributed by atoms with Gasteiger partial charge in [-0.1, -0.05) is 5.92 Å². The van der Waals surface area contributed by atoms with Crippen molar-refractivity contribution in [3.05, 3.63) is 0 Å². The molecule has 0 aromatic heterocycles. The van der Waals surface area contributed by atoms with Gasteiger partial charge in [0.05, 0.1) is 6.54 Å². The minimum absolute atomic E-state index is 0.0649. The third-order valence-corrected chi connectivity index (χ3v) is 2.36. The van der Waals surface area contributed by atoms with Gasteiger partial charge in [-0.05, 0) is 6.92 Å². The van der Waals surface area contributed by atoms with Crippen molar-refractivity contribution in [3.8, 4) is 11.8 Å². The number of nitrogens with zero attached hydrogens (tertiary/aromatic N) is 1. The van der Waals surface area contributed by atoms with Crippen LogP contribution >= 0.6 is 0 Å². The Morgan fingerprint density at radius 2 is 2.50 bits per heavy atom. The zero-order valence-corrected chi connectivity index (χ0v) is 8.76. The van der Waals surface area contributed by atoms with Crippen LogP contribution in [0.3, 0.4) is 0 Å². The Morgan fingerprint density at radius 1 is 1.71 bits per heavy atom. The molecule has 14 heavy (non-hydrogen) atoms. The lowest BCUT2D eigenvalue weighted by Gasteiger charge is -2.33. The highest BCUT2D eigenvalue weighted by Crippen LogP contribution is 2.02. The predicted molar refractivity (Wildman–Crippen MR) is 55.7 cm³/mol. The van der Waals surface area contributed by atoms with Crippen LogP contribution in [-0.2, 0) is 4.79 Å². The lowest BCUT2D eigenvalue weighted by Crippen LogP contribution is -2.57. The molecule has 0 aliphatic carbocycles. The normalized spacial score (nSPS) is 22.3. The van der Waals surface area contributed by atoms with E-state index in [1.165, 1.54) is 0 Å². The number of likely N-dealkylation sites (N-methyl/N-ethyl adjacent to an activating group) is 1. The van der Waals surface area contributed by atoms with Crippen LogP contribution in [0.1, 0.15) is 6.92 Å². The Bertz CT molecular complexity index is 254. The zero-order valence-electron chi connectivity index (χ0n) is 8.76. The van der Waals surface area contributed by atoms with Crippen LogP contribution in [0.2, 0.25) is 0 Å². The molecule has 1 atom stereocenters. The van der Waals surface area contributed by atoms with Crippen LogP contribution in [-0.4, -0.2) is 50.1 Å². The van der Waals surface area contributed by atoms with Crippen LogP contribution in [0, 0.1) is 11.8 Å². The number of hydrogen-bond donors (Lipinski definition) is 2. The molecule has 4 nitrogen and oxygen atoms in total. The summed E-state index contributed by atoms with van der Waals surface area (Å²) >= 11 is 0. The summed E-state index contributed by atoms with van der Waals surface area (Å²) < 4.78 is 0. The maximum atomic E-state index is 11.5. The lowest BCUT2D eigenvalue weighted by molar-refractivity contribution is -0.126. The minimum atomic E-state index is -0.0744. The van der Waals surface area contributed by atoms with Gasteiger partial charge in [-0.15, -0.1) is 5.92 Å². The zero-order chi connectivity index (χ0) is 10.4. The summed E-state index contributed by atoms with van der Waals surface area (Å²) in [5.74, 6) is 5.91. The first kappa shape index (κ1) is 11.0. The number of rotatable bonds is 2. The van der Waals surface area contributed by atoms with Gasteiger partial charge in [0.25, 0.3) is 0 Å². The van der Waals surface area contributed by atoms with E-state index < -0.39 is 0 Å². The summed E-state index contributed by atoms with van der Waals surface area (Å²) in [7, 11) is 1.67. The van der Waals surface area contributed by atoms with Crippen LogP contribution in [0.15, 0.2) is 0 Å². The summed E-state index contributed by atoms with van der Waals surface area (Å²) in [5, 5.41) is 5.88. The summed E-state index contributed by atoms with van der Waals surface area (Å²) in [5.41, 5.74) is 0. The molecule has 0 aromatic carbocycles. The highest BCUT2D eigenvalue weighted by atomic mass is 16.2. The van der Waals surface area contributed by atoms with E-state index in [4.69, 9.17) is 0 Å².